The Morgan fingerprint density at radius 1 is 1.28 bits per heavy atom. The minimum Gasteiger partial charge on any atom is -0.481 e. The van der Waals surface area contributed by atoms with Gasteiger partial charge in [0.25, 0.3) is 0 Å². The molecule has 1 aliphatic heterocycles. The summed E-state index contributed by atoms with van der Waals surface area (Å²) in [5.74, 6) is 2.21. The third-order valence-corrected chi connectivity index (χ3v) is 3.91. The lowest BCUT2D eigenvalue weighted by Gasteiger charge is -2.24. The third-order valence-electron chi connectivity index (χ3n) is 2.80. The lowest BCUT2D eigenvalue weighted by atomic mass is 10.1. The van der Waals surface area contributed by atoms with Gasteiger partial charge < -0.3 is 9.15 Å². The summed E-state index contributed by atoms with van der Waals surface area (Å²) in [5, 5.41) is 0. The summed E-state index contributed by atoms with van der Waals surface area (Å²) in [6, 6.07) is 11.4. The molecule has 1 aromatic heterocycles. The number of carbonyl (C=O) groups excluding carboxylic acids is 1. The second kappa shape index (κ2) is 4.90. The molecular weight excluding hydrogens is 248 g/mol. The van der Waals surface area contributed by atoms with E-state index in [9.17, 15) is 4.79 Å². The topological polar surface area (TPSA) is 39.4 Å². The first-order valence-electron chi connectivity index (χ1n) is 5.76. The molecule has 0 saturated carbocycles. The lowest BCUT2D eigenvalue weighted by molar-refractivity contribution is -0.124. The van der Waals surface area contributed by atoms with Crippen molar-refractivity contribution in [2.75, 3.05) is 5.75 Å². The molecule has 2 heterocycles. The van der Waals surface area contributed by atoms with Gasteiger partial charge in [-0.1, -0.05) is 12.1 Å². The van der Waals surface area contributed by atoms with Crippen LogP contribution in [-0.4, -0.2) is 17.6 Å². The van der Waals surface area contributed by atoms with Gasteiger partial charge in [0.15, 0.2) is 11.9 Å². The van der Waals surface area contributed by atoms with Crippen LogP contribution in [0.25, 0.3) is 0 Å². The Morgan fingerprint density at radius 3 is 3.00 bits per heavy atom. The molecule has 1 unspecified atom stereocenters. The smallest absolute Gasteiger partial charge is 0.181 e. The number of furan rings is 1. The lowest BCUT2D eigenvalue weighted by Crippen LogP contribution is -2.33. The highest BCUT2D eigenvalue weighted by Gasteiger charge is 2.26. The van der Waals surface area contributed by atoms with Crippen molar-refractivity contribution < 1.29 is 13.9 Å². The van der Waals surface area contributed by atoms with Crippen LogP contribution in [0.1, 0.15) is 5.76 Å². The Bertz CT molecular complexity index is 548. The molecule has 0 bridgehead atoms. The zero-order valence-corrected chi connectivity index (χ0v) is 10.5. The van der Waals surface area contributed by atoms with Gasteiger partial charge in [-0.05, 0) is 24.3 Å². The van der Waals surface area contributed by atoms with Crippen LogP contribution in [-0.2, 0) is 11.2 Å². The van der Waals surface area contributed by atoms with Crippen molar-refractivity contribution in [3.63, 3.8) is 0 Å². The first-order chi connectivity index (χ1) is 8.83. The predicted octanol–water partition coefficient (Wildman–Crippen LogP) is 2.94. The van der Waals surface area contributed by atoms with Gasteiger partial charge in [0, 0.05) is 10.6 Å². The Kier molecular flexibility index (Phi) is 3.11. The van der Waals surface area contributed by atoms with Gasteiger partial charge in [0.1, 0.15) is 11.5 Å². The summed E-state index contributed by atoms with van der Waals surface area (Å²) < 4.78 is 10.9. The van der Waals surface area contributed by atoms with Crippen molar-refractivity contribution in [3.05, 3.63) is 48.4 Å². The molecule has 1 atom stereocenters. The van der Waals surface area contributed by atoms with E-state index in [2.05, 4.69) is 0 Å². The Morgan fingerprint density at radius 2 is 2.17 bits per heavy atom. The SMILES string of the molecule is O=C(Cc1ccco1)C1CSc2ccccc2O1. The zero-order chi connectivity index (χ0) is 12.4. The van der Waals surface area contributed by atoms with Gasteiger partial charge in [-0.15, -0.1) is 11.8 Å². The molecule has 3 rings (SSSR count). The molecule has 0 radical (unpaired) electrons. The van der Waals surface area contributed by atoms with Crippen molar-refractivity contribution in [2.45, 2.75) is 17.4 Å². The standard InChI is InChI=1S/C14H12O3S/c15-11(8-10-4-3-7-16-10)13-9-18-14-6-2-1-5-12(14)17-13/h1-7,13H,8-9H2. The summed E-state index contributed by atoms with van der Waals surface area (Å²) in [7, 11) is 0. The number of ether oxygens (including phenoxy) is 1. The number of carbonyl (C=O) groups is 1. The fraction of sp³-hybridized carbons (Fsp3) is 0.214. The third kappa shape index (κ3) is 2.29. The molecule has 0 amide bonds. The van der Waals surface area contributed by atoms with Crippen LogP contribution < -0.4 is 4.74 Å². The van der Waals surface area contributed by atoms with E-state index in [-0.39, 0.29) is 11.9 Å². The van der Waals surface area contributed by atoms with E-state index in [1.54, 1.807) is 24.1 Å². The van der Waals surface area contributed by atoms with Crippen molar-refractivity contribution >= 4 is 17.5 Å². The average Bonchev–Trinajstić information content (AvgIpc) is 2.91. The summed E-state index contributed by atoms with van der Waals surface area (Å²) in [6.07, 6.45) is 1.49. The van der Waals surface area contributed by atoms with Gasteiger partial charge in [-0.3, -0.25) is 4.79 Å². The second-order valence-electron chi connectivity index (χ2n) is 4.09. The van der Waals surface area contributed by atoms with Crippen molar-refractivity contribution in [1.29, 1.82) is 0 Å². The average molecular weight is 260 g/mol. The molecule has 0 spiro atoms. The van der Waals surface area contributed by atoms with Crippen LogP contribution in [0.5, 0.6) is 5.75 Å². The van der Waals surface area contributed by atoms with E-state index in [0.717, 1.165) is 10.6 Å². The Labute approximate surface area is 109 Å². The molecular formula is C14H12O3S. The number of para-hydroxylation sites is 1. The van der Waals surface area contributed by atoms with E-state index < -0.39 is 0 Å². The number of fused-ring (bicyclic) bond motifs is 1. The summed E-state index contributed by atoms with van der Waals surface area (Å²) in [5.41, 5.74) is 0. The van der Waals surface area contributed by atoms with Gasteiger partial charge in [-0.2, -0.15) is 0 Å². The minimum atomic E-state index is -0.380. The maximum Gasteiger partial charge on any atom is 0.181 e. The van der Waals surface area contributed by atoms with E-state index in [1.807, 2.05) is 30.3 Å². The number of hydrogen-bond acceptors (Lipinski definition) is 4. The van der Waals surface area contributed by atoms with E-state index in [1.165, 1.54) is 0 Å². The molecule has 18 heavy (non-hydrogen) atoms. The number of thioether (sulfide) groups is 1. The van der Waals surface area contributed by atoms with Crippen LogP contribution in [0, 0.1) is 0 Å². The quantitative estimate of drug-likeness (QED) is 0.850. The molecule has 0 fully saturated rings. The van der Waals surface area contributed by atoms with Crippen LogP contribution in [0.2, 0.25) is 0 Å². The van der Waals surface area contributed by atoms with Gasteiger partial charge in [0.2, 0.25) is 0 Å². The summed E-state index contributed by atoms with van der Waals surface area (Å²) >= 11 is 1.66. The van der Waals surface area contributed by atoms with Gasteiger partial charge in [0.05, 0.1) is 12.7 Å². The number of hydrogen-bond donors (Lipinski definition) is 0. The summed E-state index contributed by atoms with van der Waals surface area (Å²) in [4.78, 5) is 13.2. The first kappa shape index (κ1) is 11.4. The zero-order valence-electron chi connectivity index (χ0n) is 9.67. The maximum absolute atomic E-state index is 12.1. The van der Waals surface area contributed by atoms with Crippen LogP contribution in [0.4, 0.5) is 0 Å². The molecule has 2 aromatic rings. The molecule has 3 nitrogen and oxygen atoms in total. The summed E-state index contributed by atoms with van der Waals surface area (Å²) in [6.45, 7) is 0. The second-order valence-corrected chi connectivity index (χ2v) is 5.15. The molecule has 1 aliphatic rings. The normalized spacial score (nSPS) is 17.9. The van der Waals surface area contributed by atoms with Crippen LogP contribution in [0.15, 0.2) is 52.0 Å². The number of ketones is 1. The molecule has 92 valence electrons. The monoisotopic (exact) mass is 260 g/mol. The molecule has 0 aliphatic carbocycles. The first-order valence-corrected chi connectivity index (χ1v) is 6.75. The number of benzene rings is 1. The molecule has 0 N–H and O–H groups in total. The number of Topliss-reactive ketones (excluding diaryl/α,β-unsaturated/α-hetero) is 1. The van der Waals surface area contributed by atoms with E-state index >= 15 is 0 Å². The molecule has 1 aromatic carbocycles. The van der Waals surface area contributed by atoms with E-state index in [0.29, 0.717) is 17.9 Å². The van der Waals surface area contributed by atoms with Gasteiger partial charge >= 0.3 is 0 Å². The van der Waals surface area contributed by atoms with Crippen LogP contribution >= 0.6 is 11.8 Å². The minimum absolute atomic E-state index is 0.0620. The number of rotatable bonds is 3. The van der Waals surface area contributed by atoms with Crippen molar-refractivity contribution in [3.8, 4) is 5.75 Å². The highest BCUT2D eigenvalue weighted by molar-refractivity contribution is 7.99. The van der Waals surface area contributed by atoms with Crippen LogP contribution in [0.3, 0.4) is 0 Å². The highest BCUT2D eigenvalue weighted by Crippen LogP contribution is 2.35. The fourth-order valence-corrected chi connectivity index (χ4v) is 2.89. The molecule has 4 heteroatoms. The molecule has 0 saturated heterocycles. The Balaban J connectivity index is 1.70. The highest BCUT2D eigenvalue weighted by atomic mass is 32.2. The Hall–Kier alpha value is -1.68. The van der Waals surface area contributed by atoms with E-state index in [4.69, 9.17) is 9.15 Å². The van der Waals surface area contributed by atoms with Gasteiger partial charge in [-0.25, -0.2) is 0 Å². The van der Waals surface area contributed by atoms with Crippen molar-refractivity contribution in [2.24, 2.45) is 0 Å². The van der Waals surface area contributed by atoms with Crippen molar-refractivity contribution in [1.82, 2.24) is 0 Å². The maximum atomic E-state index is 12.1. The fourth-order valence-electron chi connectivity index (χ4n) is 1.88. The predicted molar refractivity (Wildman–Crippen MR) is 69.0 cm³/mol. The largest absolute Gasteiger partial charge is 0.481 e.